The predicted octanol–water partition coefficient (Wildman–Crippen LogP) is 12.5. The van der Waals surface area contributed by atoms with Crippen LogP contribution < -0.4 is 31.9 Å². The first-order chi connectivity index (χ1) is 58.7. The second kappa shape index (κ2) is 68.8. The van der Waals surface area contributed by atoms with Gasteiger partial charge in [0.2, 0.25) is 33.3 Å². The van der Waals surface area contributed by atoms with Crippen LogP contribution in [0, 0.1) is 0 Å². The van der Waals surface area contributed by atoms with Crippen LogP contribution in [-0.2, 0) is 110 Å². The molecule has 0 aromatic heterocycles. The summed E-state index contributed by atoms with van der Waals surface area (Å²) in [6.45, 7) is 1.56. The molecule has 122 heavy (non-hydrogen) atoms. The zero-order chi connectivity index (χ0) is 89.1. The summed E-state index contributed by atoms with van der Waals surface area (Å²) < 4.78 is 21.7. The fraction of sp³-hybridized carbons (Fsp3) is 0.802. The maximum Gasteiger partial charge on any atom is 0.407 e. The number of Topliss-reactive ketones (excluding diaryl/α,β-unsaturated/α-hetero) is 2. The minimum atomic E-state index is -1.73. The van der Waals surface area contributed by atoms with Gasteiger partial charge in [-0.3, -0.25) is 62.3 Å². The van der Waals surface area contributed by atoms with Crippen LogP contribution in [-0.4, -0.2) is 204 Å². The zero-order valence-corrected chi connectivity index (χ0v) is 74.4. The van der Waals surface area contributed by atoms with Crippen molar-refractivity contribution in [1.29, 1.82) is 0 Å². The first-order valence-corrected chi connectivity index (χ1v) is 46.2. The van der Waals surface area contributed by atoms with Gasteiger partial charge in [-0.05, 0) is 89.9 Å². The van der Waals surface area contributed by atoms with Crippen molar-refractivity contribution in [3.05, 3.63) is 0 Å². The van der Waals surface area contributed by atoms with Crippen LogP contribution in [0.2, 0.25) is 0 Å². The van der Waals surface area contributed by atoms with E-state index in [1.165, 1.54) is 0 Å². The second-order valence-electron chi connectivity index (χ2n) is 31.8. The lowest BCUT2D eigenvalue weighted by Crippen LogP contribution is -2.58. The number of unbranched alkanes of at least 4 members (excludes halogenated alkanes) is 30. The maximum atomic E-state index is 14.0. The molecule has 0 aromatic carbocycles. The minimum Gasteiger partial charge on any atom is -0.445 e. The summed E-state index contributed by atoms with van der Waals surface area (Å²) in [5.41, 5.74) is -1.31. The molecule has 3 aliphatic heterocycles. The number of ketones is 2. The van der Waals surface area contributed by atoms with E-state index in [-0.39, 0.29) is 164 Å². The number of hydroxylamine groups is 6. The molecule has 3 rings (SSSR count). The molecular formula is C86H140Cl3N9O24. The number of alkyl halides is 3. The Morgan fingerprint density at radius 2 is 0.492 bits per heavy atom. The predicted molar refractivity (Wildman–Crippen MR) is 453 cm³/mol. The molecular weight excluding hydrogens is 1650 g/mol. The van der Waals surface area contributed by atoms with Gasteiger partial charge in [-0.2, -0.15) is 0 Å². The lowest BCUT2D eigenvalue weighted by Gasteiger charge is -2.34. The molecule has 694 valence electrons. The third-order valence-corrected chi connectivity index (χ3v) is 21.0. The highest BCUT2D eigenvalue weighted by molar-refractivity contribution is 6.67. The topological polar surface area (TPSA) is 437 Å². The van der Waals surface area contributed by atoms with Crippen molar-refractivity contribution in [3.8, 4) is 0 Å². The number of imide groups is 3. The van der Waals surface area contributed by atoms with Crippen LogP contribution in [0.3, 0.4) is 0 Å². The average molecular weight is 1790 g/mol. The molecule has 0 saturated carbocycles. The normalized spacial score (nSPS) is 13.5. The van der Waals surface area contributed by atoms with Gasteiger partial charge >= 0.3 is 24.0 Å². The molecule has 12 amide bonds. The van der Waals surface area contributed by atoms with E-state index < -0.39 is 75.4 Å². The zero-order valence-electron chi connectivity index (χ0n) is 72.1. The summed E-state index contributed by atoms with van der Waals surface area (Å²) in [6.07, 6.45) is 31.8. The van der Waals surface area contributed by atoms with Crippen LogP contribution in [0.5, 0.6) is 0 Å². The molecule has 0 aromatic rings. The Hall–Kier alpha value is -7.46. The van der Waals surface area contributed by atoms with Gasteiger partial charge in [-0.15, -0.1) is 15.2 Å². The maximum absolute atomic E-state index is 14.0. The van der Waals surface area contributed by atoms with E-state index in [0.29, 0.717) is 125 Å². The number of hydrogen-bond donors (Lipinski definition) is 6. The van der Waals surface area contributed by atoms with Crippen molar-refractivity contribution in [2.45, 2.75) is 362 Å². The molecule has 0 unspecified atom stereocenters. The summed E-state index contributed by atoms with van der Waals surface area (Å²) in [7, 11) is 0. The highest BCUT2D eigenvalue weighted by atomic mass is 35.6. The Labute approximate surface area is 735 Å². The SMILES string of the molecule is O=C(CCCCCCCCC(=O)CCOCC(COCCC(=O)NCCCCCCCC(=O)NCCCCCCCC(=O)ON1C(=O)CCC1=O)(COCCC(=O)NCCCCCCCC(=O)NCCCCCCCC(=O)ON1C(=O)CCC1=O)NC(=O)CCCCCCCNC(=O)OCC(Cl)(Cl)Cl)CCCCCCCCC(=O)ON1C(=O)CCC1=O. The van der Waals surface area contributed by atoms with E-state index in [0.717, 1.165) is 193 Å². The summed E-state index contributed by atoms with van der Waals surface area (Å²) in [5, 5.41) is 19.2. The number of halogens is 3. The van der Waals surface area contributed by atoms with Gasteiger partial charge in [-0.1, -0.05) is 182 Å². The van der Waals surface area contributed by atoms with Crippen molar-refractivity contribution in [2.75, 3.05) is 79.0 Å². The number of amides is 12. The molecule has 3 fully saturated rings. The Balaban J connectivity index is 1.44. The van der Waals surface area contributed by atoms with Gasteiger partial charge < -0.3 is 65.4 Å². The van der Waals surface area contributed by atoms with Gasteiger partial charge in [0.1, 0.15) is 23.7 Å². The van der Waals surface area contributed by atoms with Crippen molar-refractivity contribution in [2.24, 2.45) is 0 Å². The molecule has 0 spiro atoms. The number of carbonyl (C=O) groups is 17. The van der Waals surface area contributed by atoms with Crippen molar-refractivity contribution < 1.29 is 115 Å². The van der Waals surface area contributed by atoms with E-state index in [4.69, 9.17) is 68.3 Å². The third-order valence-electron chi connectivity index (χ3n) is 20.6. The quantitative estimate of drug-likeness (QED) is 0.0187. The molecule has 0 aliphatic carbocycles. The number of ether oxygens (including phenoxy) is 4. The van der Waals surface area contributed by atoms with Gasteiger partial charge in [0.05, 0.1) is 39.6 Å². The van der Waals surface area contributed by atoms with E-state index in [1.807, 2.05) is 0 Å². The number of carbonyl (C=O) groups excluding carboxylic acids is 17. The molecule has 0 bridgehead atoms. The van der Waals surface area contributed by atoms with Gasteiger partial charge in [-0.25, -0.2) is 19.2 Å². The average Bonchev–Trinajstić information content (AvgIpc) is 1.55. The van der Waals surface area contributed by atoms with Crippen molar-refractivity contribution in [3.63, 3.8) is 0 Å². The molecule has 6 N–H and O–H groups in total. The van der Waals surface area contributed by atoms with Crippen molar-refractivity contribution >= 4 is 135 Å². The van der Waals surface area contributed by atoms with E-state index in [1.54, 1.807) is 0 Å². The van der Waals surface area contributed by atoms with E-state index in [2.05, 4.69) is 31.9 Å². The van der Waals surface area contributed by atoms with E-state index in [9.17, 15) is 81.5 Å². The smallest absolute Gasteiger partial charge is 0.407 e. The van der Waals surface area contributed by atoms with Crippen molar-refractivity contribution in [1.82, 2.24) is 47.1 Å². The summed E-state index contributed by atoms with van der Waals surface area (Å²) in [5.74, 6) is -5.36. The number of nitrogens with zero attached hydrogens (tertiary/aromatic N) is 3. The van der Waals surface area contributed by atoms with Crippen LogP contribution in [0.1, 0.15) is 353 Å². The molecule has 33 nitrogen and oxygen atoms in total. The molecule has 3 saturated heterocycles. The summed E-state index contributed by atoms with van der Waals surface area (Å²) >= 11 is 17.0. The van der Waals surface area contributed by atoms with E-state index >= 15 is 0 Å². The summed E-state index contributed by atoms with van der Waals surface area (Å²) in [6, 6.07) is 0. The Bertz CT molecular complexity index is 2860. The van der Waals surface area contributed by atoms with Crippen LogP contribution in [0.25, 0.3) is 0 Å². The summed E-state index contributed by atoms with van der Waals surface area (Å²) in [4.78, 5) is 223. The molecule has 0 radical (unpaired) electrons. The van der Waals surface area contributed by atoms with Crippen LogP contribution >= 0.6 is 34.8 Å². The standard InChI is InChI=1S/C86H140Cl3N9O24/c87-86(88,89)67-119-84(115)94-60-37-23-7-15-29-43-74(105)95-85(64-116-61-53-69(100)40-26-12-2-1-10-24-38-68(99)39-25-11-3-4-16-30-44-81(112)120-96-75(106)47-48-76(96)107,65-117-62-54-72(103)92-58-35-19-5-13-27-41-70(101)90-56-33-21-8-17-31-45-82(113)121-97-77(108)49-50-78(97)109)66-118-63-55-73(104)93-59-36-20-6-14-28-42-71(102)91-57-34-22-9-18-32-46-83(114)122-98-79(110)51-52-80(98)111/h1-67H2,(H,90,101)(H,91,102)(H,92,103)(H,93,104)(H,94,115)(H,95,105). The van der Waals surface area contributed by atoms with Crippen LogP contribution in [0.4, 0.5) is 4.79 Å². The largest absolute Gasteiger partial charge is 0.445 e. The molecule has 3 aliphatic rings. The minimum absolute atomic E-state index is 0.0106. The fourth-order valence-electron chi connectivity index (χ4n) is 13.6. The number of rotatable bonds is 78. The second-order valence-corrected chi connectivity index (χ2v) is 34.3. The first-order valence-electron chi connectivity index (χ1n) is 45.1. The lowest BCUT2D eigenvalue weighted by molar-refractivity contribution is -0.197. The van der Waals surface area contributed by atoms with Gasteiger partial charge in [0.15, 0.2) is 0 Å². The Morgan fingerprint density at radius 1 is 0.262 bits per heavy atom. The lowest BCUT2D eigenvalue weighted by atomic mass is 10.0. The van der Waals surface area contributed by atoms with Gasteiger partial charge in [0.25, 0.3) is 35.4 Å². The fourth-order valence-corrected chi connectivity index (χ4v) is 13.7. The highest BCUT2D eigenvalue weighted by Gasteiger charge is 2.37. The molecule has 3 heterocycles. The molecule has 36 heteroatoms. The number of nitrogens with one attached hydrogen (secondary N) is 6. The molecule has 0 atom stereocenters. The third kappa shape index (κ3) is 57.9. The Morgan fingerprint density at radius 3 is 0.787 bits per heavy atom. The van der Waals surface area contributed by atoms with Gasteiger partial charge in [0, 0.05) is 148 Å². The number of hydrogen-bond acceptors (Lipinski definition) is 24. The highest BCUT2D eigenvalue weighted by Crippen LogP contribution is 2.26. The monoisotopic (exact) mass is 1790 g/mol. The first kappa shape index (κ1) is 109. The Kier molecular flexibility index (Phi) is 61.3. The van der Waals surface area contributed by atoms with Crippen LogP contribution in [0.15, 0.2) is 0 Å². The number of alkyl carbamates (subject to hydrolysis) is 1.